The van der Waals surface area contributed by atoms with Gasteiger partial charge < -0.3 is 20.5 Å². The molecule has 3 aromatic rings. The predicted octanol–water partition coefficient (Wildman–Crippen LogP) is 2.77. The maximum Gasteiger partial charge on any atom is 0.320 e. The Bertz CT molecular complexity index is 1560. The zero-order valence-electron chi connectivity index (χ0n) is 25.3. The number of aliphatic carboxylic acids is 1. The summed E-state index contributed by atoms with van der Waals surface area (Å²) < 4.78 is 5.40. The number of carbonyl (C=O) groups is 5. The second-order valence-corrected chi connectivity index (χ2v) is 11.2. The standard InChI is InChI=1S/C33H38N4O7/c1-19(2)15-26(30(39)36-27(29(38)34-3)16-20-9-6-5-7-10-20)35-25(33(42)43)13-14-37-31(40)23-17-21-11-8-12-28(44-4)22(21)18-24(23)32(37)41/h5-12,17-19,25-27,35H,13-16H2,1-4H3,(H,34,38)(H,36,39)(H,42,43)/t25?,26-,27-/m0/s1. The van der Waals surface area contributed by atoms with Crippen molar-refractivity contribution < 1.29 is 33.8 Å². The van der Waals surface area contributed by atoms with Crippen molar-refractivity contribution in [3.8, 4) is 5.75 Å². The Morgan fingerprint density at radius 3 is 2.18 bits per heavy atom. The maximum absolute atomic E-state index is 13.5. The maximum atomic E-state index is 13.5. The number of amides is 4. The molecule has 1 unspecified atom stereocenters. The minimum absolute atomic E-state index is 0.0163. The minimum atomic E-state index is -1.25. The lowest BCUT2D eigenvalue weighted by Crippen LogP contribution is -2.56. The Kier molecular flexibility index (Phi) is 10.3. The van der Waals surface area contributed by atoms with E-state index in [1.807, 2.05) is 50.2 Å². The molecule has 4 rings (SSSR count). The van der Waals surface area contributed by atoms with Gasteiger partial charge in [0.05, 0.1) is 24.3 Å². The summed E-state index contributed by atoms with van der Waals surface area (Å²) in [6.45, 7) is 3.63. The largest absolute Gasteiger partial charge is 0.496 e. The lowest BCUT2D eigenvalue weighted by atomic mass is 10.00. The summed E-state index contributed by atoms with van der Waals surface area (Å²) in [7, 11) is 3.00. The van der Waals surface area contributed by atoms with Crippen molar-refractivity contribution in [3.63, 3.8) is 0 Å². The van der Waals surface area contributed by atoms with E-state index in [1.165, 1.54) is 14.2 Å². The number of rotatable bonds is 14. The first-order valence-electron chi connectivity index (χ1n) is 14.6. The van der Waals surface area contributed by atoms with E-state index < -0.39 is 41.8 Å². The van der Waals surface area contributed by atoms with Crippen LogP contribution in [0.1, 0.15) is 53.0 Å². The molecule has 44 heavy (non-hydrogen) atoms. The van der Waals surface area contributed by atoms with Crippen molar-refractivity contribution in [2.24, 2.45) is 5.92 Å². The van der Waals surface area contributed by atoms with Crippen LogP contribution in [0.2, 0.25) is 0 Å². The van der Waals surface area contributed by atoms with Crippen LogP contribution >= 0.6 is 0 Å². The van der Waals surface area contributed by atoms with Crippen molar-refractivity contribution in [2.45, 2.75) is 51.2 Å². The van der Waals surface area contributed by atoms with E-state index in [1.54, 1.807) is 24.3 Å². The van der Waals surface area contributed by atoms with Gasteiger partial charge in [-0.1, -0.05) is 56.3 Å². The highest BCUT2D eigenvalue weighted by Crippen LogP contribution is 2.32. The SMILES string of the molecule is CNC(=O)[C@H](Cc1ccccc1)NC(=O)[C@H](CC(C)C)NC(CCN1C(=O)c2cc3cccc(OC)c3cc2C1=O)C(=O)O. The molecule has 0 fully saturated rings. The lowest BCUT2D eigenvalue weighted by Gasteiger charge is -2.27. The van der Waals surface area contributed by atoms with Crippen LogP contribution in [0.25, 0.3) is 10.8 Å². The first-order chi connectivity index (χ1) is 21.0. The van der Waals surface area contributed by atoms with Crippen LogP contribution in [0, 0.1) is 5.92 Å². The van der Waals surface area contributed by atoms with Crippen LogP contribution in [-0.4, -0.2) is 78.4 Å². The van der Waals surface area contributed by atoms with E-state index in [-0.39, 0.29) is 42.3 Å². The summed E-state index contributed by atoms with van der Waals surface area (Å²) in [5, 5.41) is 19.7. The molecule has 1 aliphatic heterocycles. The molecule has 232 valence electrons. The number of imide groups is 1. The van der Waals surface area contributed by atoms with Crippen LogP contribution in [0.15, 0.2) is 60.7 Å². The normalized spacial score (nSPS) is 14.7. The Morgan fingerprint density at radius 2 is 1.57 bits per heavy atom. The highest BCUT2D eigenvalue weighted by atomic mass is 16.5. The molecule has 0 radical (unpaired) electrons. The molecule has 0 saturated carbocycles. The van der Waals surface area contributed by atoms with Crippen LogP contribution in [0.4, 0.5) is 0 Å². The summed E-state index contributed by atoms with van der Waals surface area (Å²) in [6.07, 6.45) is 0.418. The third-order valence-corrected chi connectivity index (χ3v) is 7.68. The summed E-state index contributed by atoms with van der Waals surface area (Å²) in [5.41, 5.74) is 1.32. The molecule has 4 N–H and O–H groups in total. The number of nitrogens with zero attached hydrogens (tertiary/aromatic N) is 1. The summed E-state index contributed by atoms with van der Waals surface area (Å²) in [4.78, 5) is 65.9. The van der Waals surface area contributed by atoms with Gasteiger partial charge in [-0.15, -0.1) is 0 Å². The van der Waals surface area contributed by atoms with Crippen molar-refractivity contribution in [1.29, 1.82) is 0 Å². The van der Waals surface area contributed by atoms with Crippen LogP contribution in [0.5, 0.6) is 5.75 Å². The number of nitrogens with one attached hydrogen (secondary N) is 3. The molecule has 0 aromatic heterocycles. The monoisotopic (exact) mass is 602 g/mol. The van der Waals surface area contributed by atoms with E-state index >= 15 is 0 Å². The quantitative estimate of drug-likeness (QED) is 0.206. The molecule has 11 heteroatoms. The van der Waals surface area contributed by atoms with E-state index in [4.69, 9.17) is 4.74 Å². The molecule has 1 heterocycles. The fourth-order valence-electron chi connectivity index (χ4n) is 5.42. The average Bonchev–Trinajstić information content (AvgIpc) is 3.24. The number of benzene rings is 3. The average molecular weight is 603 g/mol. The zero-order valence-corrected chi connectivity index (χ0v) is 25.3. The molecule has 0 bridgehead atoms. The molecular weight excluding hydrogens is 564 g/mol. The second-order valence-electron chi connectivity index (χ2n) is 11.2. The Balaban J connectivity index is 1.48. The topological polar surface area (TPSA) is 154 Å². The number of carboxylic acid groups (broad SMARTS) is 1. The predicted molar refractivity (Wildman–Crippen MR) is 164 cm³/mol. The summed E-state index contributed by atoms with van der Waals surface area (Å²) in [6, 6.07) is 14.8. The third-order valence-electron chi connectivity index (χ3n) is 7.68. The molecule has 0 aliphatic carbocycles. The fourth-order valence-corrected chi connectivity index (χ4v) is 5.42. The smallest absolute Gasteiger partial charge is 0.320 e. The number of fused-ring (bicyclic) bond motifs is 2. The molecule has 11 nitrogen and oxygen atoms in total. The molecule has 3 atom stereocenters. The molecule has 1 aliphatic rings. The zero-order chi connectivity index (χ0) is 32.0. The van der Waals surface area contributed by atoms with Gasteiger partial charge in [-0.3, -0.25) is 34.2 Å². The lowest BCUT2D eigenvalue weighted by molar-refractivity contribution is -0.140. The Morgan fingerprint density at radius 1 is 0.886 bits per heavy atom. The van der Waals surface area contributed by atoms with Gasteiger partial charge in [-0.25, -0.2) is 0 Å². The number of hydrogen-bond acceptors (Lipinski definition) is 7. The van der Waals surface area contributed by atoms with E-state index in [2.05, 4.69) is 16.0 Å². The Hall–Kier alpha value is -4.77. The second kappa shape index (κ2) is 14.1. The van der Waals surface area contributed by atoms with Gasteiger partial charge in [0, 0.05) is 25.4 Å². The van der Waals surface area contributed by atoms with E-state index in [9.17, 15) is 29.1 Å². The minimum Gasteiger partial charge on any atom is -0.496 e. The van der Waals surface area contributed by atoms with Crippen LogP contribution in [0.3, 0.4) is 0 Å². The van der Waals surface area contributed by atoms with Crippen molar-refractivity contribution in [3.05, 3.63) is 77.4 Å². The van der Waals surface area contributed by atoms with Crippen molar-refractivity contribution >= 4 is 40.4 Å². The number of ether oxygens (including phenoxy) is 1. The van der Waals surface area contributed by atoms with Gasteiger partial charge in [-0.05, 0) is 47.9 Å². The number of likely N-dealkylation sites (N-methyl/N-ethyl adjacent to an activating group) is 1. The van der Waals surface area contributed by atoms with E-state index in [0.29, 0.717) is 17.6 Å². The molecule has 0 spiro atoms. The highest BCUT2D eigenvalue weighted by Gasteiger charge is 2.37. The first kappa shape index (κ1) is 32.2. The molecule has 4 amide bonds. The number of carboxylic acids is 1. The third kappa shape index (κ3) is 7.23. The Labute approximate surface area is 255 Å². The number of carbonyl (C=O) groups excluding carboxylic acids is 4. The van der Waals surface area contributed by atoms with Gasteiger partial charge in [0.2, 0.25) is 11.8 Å². The number of hydrogen-bond donors (Lipinski definition) is 4. The van der Waals surface area contributed by atoms with Crippen LogP contribution in [-0.2, 0) is 20.8 Å². The molecular formula is C33H38N4O7. The van der Waals surface area contributed by atoms with Gasteiger partial charge in [0.1, 0.15) is 17.8 Å². The van der Waals surface area contributed by atoms with E-state index in [0.717, 1.165) is 15.8 Å². The molecule has 3 aromatic carbocycles. The van der Waals surface area contributed by atoms with Crippen LogP contribution < -0.4 is 20.7 Å². The summed E-state index contributed by atoms with van der Waals surface area (Å²) >= 11 is 0. The van der Waals surface area contributed by atoms with Crippen molar-refractivity contribution in [2.75, 3.05) is 20.7 Å². The van der Waals surface area contributed by atoms with Gasteiger partial charge in [0.25, 0.3) is 11.8 Å². The highest BCUT2D eigenvalue weighted by molar-refractivity contribution is 6.23. The summed E-state index contributed by atoms with van der Waals surface area (Å²) in [5.74, 6) is -2.58. The molecule has 0 saturated heterocycles. The fraction of sp³-hybridized carbons (Fsp3) is 0.364. The van der Waals surface area contributed by atoms with Gasteiger partial charge in [-0.2, -0.15) is 0 Å². The van der Waals surface area contributed by atoms with Gasteiger partial charge in [0.15, 0.2) is 0 Å². The van der Waals surface area contributed by atoms with Gasteiger partial charge >= 0.3 is 5.97 Å². The number of methoxy groups -OCH3 is 1. The first-order valence-corrected chi connectivity index (χ1v) is 14.6. The van der Waals surface area contributed by atoms with Crippen molar-refractivity contribution in [1.82, 2.24) is 20.9 Å².